The molecular formula is C14H10BrClN2O. The third-order valence-corrected chi connectivity index (χ3v) is 3.49. The Bertz CT molecular complexity index is 702. The number of halogens is 2. The third kappa shape index (κ3) is 2.58. The van der Waals surface area contributed by atoms with E-state index in [0.717, 1.165) is 0 Å². The van der Waals surface area contributed by atoms with Gasteiger partial charge in [-0.05, 0) is 25.1 Å². The molecule has 1 heterocycles. The zero-order valence-corrected chi connectivity index (χ0v) is 12.4. The lowest BCUT2D eigenvalue weighted by Crippen LogP contribution is -2.24. The summed E-state index contributed by atoms with van der Waals surface area (Å²) in [7, 11) is 0. The maximum absolute atomic E-state index is 12.4. The summed E-state index contributed by atoms with van der Waals surface area (Å²) in [5.74, 6) is 0. The molecule has 2 aromatic rings. The average molecular weight is 338 g/mol. The molecule has 0 aliphatic rings. The molecule has 0 amide bonds. The van der Waals surface area contributed by atoms with Crippen molar-refractivity contribution in [1.29, 1.82) is 5.26 Å². The minimum atomic E-state index is -0.400. The quantitative estimate of drug-likeness (QED) is 0.782. The molecule has 96 valence electrons. The Balaban J connectivity index is 2.86. The number of para-hydroxylation sites is 1. The van der Waals surface area contributed by atoms with Gasteiger partial charge >= 0.3 is 0 Å². The molecule has 1 aromatic carbocycles. The third-order valence-electron chi connectivity index (χ3n) is 2.72. The molecule has 3 nitrogen and oxygen atoms in total. The molecule has 0 radical (unpaired) electrons. The molecule has 0 aliphatic heterocycles. The zero-order chi connectivity index (χ0) is 14.0. The molecule has 0 N–H and O–H groups in total. The first-order chi connectivity index (χ1) is 9.06. The molecular weight excluding hydrogens is 328 g/mol. The van der Waals surface area contributed by atoms with Gasteiger partial charge in [0.2, 0.25) is 0 Å². The van der Waals surface area contributed by atoms with Gasteiger partial charge in [-0.15, -0.1) is 0 Å². The van der Waals surface area contributed by atoms with Crippen LogP contribution in [-0.4, -0.2) is 4.57 Å². The Morgan fingerprint density at radius 2 is 2.00 bits per heavy atom. The number of hydrogen-bond donors (Lipinski definition) is 0. The molecule has 0 fully saturated rings. The van der Waals surface area contributed by atoms with Crippen LogP contribution in [0.25, 0.3) is 5.69 Å². The van der Waals surface area contributed by atoms with Crippen molar-refractivity contribution >= 4 is 27.5 Å². The molecule has 1 atom stereocenters. The van der Waals surface area contributed by atoms with Crippen molar-refractivity contribution in [1.82, 2.24) is 4.57 Å². The predicted molar refractivity (Wildman–Crippen MR) is 79.1 cm³/mol. The average Bonchev–Trinajstić information content (AvgIpc) is 2.39. The summed E-state index contributed by atoms with van der Waals surface area (Å²) in [5.41, 5.74) is 0.979. The van der Waals surface area contributed by atoms with E-state index in [1.807, 2.05) is 43.3 Å². The van der Waals surface area contributed by atoms with E-state index in [1.165, 1.54) is 4.57 Å². The number of aromatic nitrogens is 1. The number of nitrogens with zero attached hydrogens (tertiary/aromatic N) is 2. The minimum absolute atomic E-state index is 0.0394. The second-order valence-electron chi connectivity index (χ2n) is 4.00. The lowest BCUT2D eigenvalue weighted by molar-refractivity contribution is 0.868. The van der Waals surface area contributed by atoms with E-state index in [1.54, 1.807) is 6.07 Å². The second kappa shape index (κ2) is 5.60. The number of pyridine rings is 1. The summed E-state index contributed by atoms with van der Waals surface area (Å²) in [6.07, 6.45) is 0. The summed E-state index contributed by atoms with van der Waals surface area (Å²) in [6.45, 7) is 1.90. The lowest BCUT2D eigenvalue weighted by atomic mass is 10.2. The van der Waals surface area contributed by atoms with E-state index in [-0.39, 0.29) is 15.4 Å². The normalized spacial score (nSPS) is 11.9. The number of alkyl halides is 1. The number of benzene rings is 1. The van der Waals surface area contributed by atoms with E-state index in [2.05, 4.69) is 15.9 Å². The highest BCUT2D eigenvalue weighted by atomic mass is 79.9. The van der Waals surface area contributed by atoms with Crippen LogP contribution in [0.1, 0.15) is 23.0 Å². The molecule has 0 saturated carbocycles. The summed E-state index contributed by atoms with van der Waals surface area (Å²) < 4.78 is 1.50. The van der Waals surface area contributed by atoms with Crippen molar-refractivity contribution in [2.24, 2.45) is 0 Å². The zero-order valence-electron chi connectivity index (χ0n) is 10.1. The maximum Gasteiger partial charge on any atom is 0.274 e. The van der Waals surface area contributed by atoms with Crippen LogP contribution in [0.5, 0.6) is 0 Å². The van der Waals surface area contributed by atoms with Crippen LogP contribution in [0.4, 0.5) is 0 Å². The summed E-state index contributed by atoms with van der Waals surface area (Å²) in [5, 5.41) is 9.22. The highest BCUT2D eigenvalue weighted by Gasteiger charge is 2.17. The summed E-state index contributed by atoms with van der Waals surface area (Å²) >= 11 is 9.43. The largest absolute Gasteiger partial charge is 0.279 e. The monoisotopic (exact) mass is 336 g/mol. The SMILES string of the molecule is CC(Br)c1cc(Cl)c(C#N)c(=O)n1-c1ccccc1. The van der Waals surface area contributed by atoms with Gasteiger partial charge in [0, 0.05) is 11.4 Å². The van der Waals surface area contributed by atoms with Crippen LogP contribution in [0, 0.1) is 11.3 Å². The van der Waals surface area contributed by atoms with Crippen molar-refractivity contribution in [2.75, 3.05) is 0 Å². The lowest BCUT2D eigenvalue weighted by Gasteiger charge is -2.15. The first-order valence-corrected chi connectivity index (χ1v) is 6.90. The smallest absolute Gasteiger partial charge is 0.274 e. The first kappa shape index (κ1) is 13.9. The molecule has 0 aliphatic carbocycles. The fourth-order valence-electron chi connectivity index (χ4n) is 1.84. The molecule has 1 aromatic heterocycles. The topological polar surface area (TPSA) is 45.8 Å². The molecule has 1 unspecified atom stereocenters. The molecule has 0 spiro atoms. The number of hydrogen-bond acceptors (Lipinski definition) is 2. The molecule has 19 heavy (non-hydrogen) atoms. The number of rotatable bonds is 2. The van der Waals surface area contributed by atoms with Crippen LogP contribution in [-0.2, 0) is 0 Å². The van der Waals surface area contributed by atoms with E-state index < -0.39 is 5.56 Å². The highest BCUT2D eigenvalue weighted by Crippen LogP contribution is 2.26. The first-order valence-electron chi connectivity index (χ1n) is 5.61. The molecule has 5 heteroatoms. The van der Waals surface area contributed by atoms with Crippen molar-refractivity contribution in [3.05, 3.63) is 63.0 Å². The van der Waals surface area contributed by atoms with Gasteiger partial charge in [-0.25, -0.2) is 0 Å². The fraction of sp³-hybridized carbons (Fsp3) is 0.143. The highest BCUT2D eigenvalue weighted by molar-refractivity contribution is 9.09. The molecule has 2 rings (SSSR count). The van der Waals surface area contributed by atoms with Gasteiger partial charge in [-0.1, -0.05) is 45.7 Å². The Morgan fingerprint density at radius 1 is 1.37 bits per heavy atom. The fourth-order valence-corrected chi connectivity index (χ4v) is 2.41. The van der Waals surface area contributed by atoms with E-state index >= 15 is 0 Å². The maximum atomic E-state index is 12.4. The summed E-state index contributed by atoms with van der Waals surface area (Å²) in [4.78, 5) is 12.3. The van der Waals surface area contributed by atoms with Crippen LogP contribution in [0.3, 0.4) is 0 Å². The van der Waals surface area contributed by atoms with Crippen LogP contribution >= 0.6 is 27.5 Å². The molecule has 0 saturated heterocycles. The van der Waals surface area contributed by atoms with Gasteiger partial charge < -0.3 is 0 Å². The predicted octanol–water partition coefficient (Wildman–Crippen LogP) is 3.82. The number of nitriles is 1. The van der Waals surface area contributed by atoms with Gasteiger partial charge in [0.15, 0.2) is 0 Å². The van der Waals surface area contributed by atoms with Gasteiger partial charge in [0.05, 0.1) is 9.85 Å². The Labute approximate surface area is 124 Å². The van der Waals surface area contributed by atoms with Crippen molar-refractivity contribution in [3.63, 3.8) is 0 Å². The van der Waals surface area contributed by atoms with Gasteiger partial charge in [0.25, 0.3) is 5.56 Å². The van der Waals surface area contributed by atoms with Gasteiger partial charge in [-0.3, -0.25) is 9.36 Å². The Morgan fingerprint density at radius 3 is 2.53 bits per heavy atom. The van der Waals surface area contributed by atoms with Gasteiger partial charge in [0.1, 0.15) is 11.6 Å². The Hall–Kier alpha value is -1.57. The van der Waals surface area contributed by atoms with Crippen molar-refractivity contribution in [2.45, 2.75) is 11.8 Å². The van der Waals surface area contributed by atoms with Crippen LogP contribution < -0.4 is 5.56 Å². The van der Waals surface area contributed by atoms with Crippen LogP contribution in [0.15, 0.2) is 41.2 Å². The standard InChI is InChI=1S/C14H10BrClN2O/c1-9(15)13-7-12(16)11(8-17)14(19)18(13)10-5-3-2-4-6-10/h2-7,9H,1H3. The van der Waals surface area contributed by atoms with Gasteiger partial charge in [-0.2, -0.15) is 5.26 Å². The Kier molecular flexibility index (Phi) is 4.08. The van der Waals surface area contributed by atoms with Crippen molar-refractivity contribution in [3.8, 4) is 11.8 Å². The molecule has 0 bridgehead atoms. The second-order valence-corrected chi connectivity index (χ2v) is 5.78. The van der Waals surface area contributed by atoms with Crippen LogP contribution in [0.2, 0.25) is 5.02 Å². The van der Waals surface area contributed by atoms with E-state index in [9.17, 15) is 4.79 Å². The van der Waals surface area contributed by atoms with E-state index in [0.29, 0.717) is 11.4 Å². The van der Waals surface area contributed by atoms with E-state index in [4.69, 9.17) is 16.9 Å². The minimum Gasteiger partial charge on any atom is -0.279 e. The summed E-state index contributed by atoms with van der Waals surface area (Å²) in [6, 6.07) is 12.7. The van der Waals surface area contributed by atoms with Crippen molar-refractivity contribution < 1.29 is 0 Å².